The second-order valence-electron chi connectivity index (χ2n) is 6.35. The van der Waals surface area contributed by atoms with Crippen LogP contribution in [0.4, 0.5) is 4.39 Å². The number of hydrogen-bond donors (Lipinski definition) is 1. The highest BCUT2D eigenvalue weighted by Crippen LogP contribution is 2.37. The average molecular weight is 339 g/mol. The number of nitrogens with zero attached hydrogens (tertiary/aromatic N) is 1. The Bertz CT molecular complexity index is 959. The van der Waals surface area contributed by atoms with E-state index >= 15 is 0 Å². The second-order valence-corrected chi connectivity index (χ2v) is 6.35. The number of aromatic hydroxyl groups is 1. The SMILES string of the molecule is O=c1oc2ccccc2c(O)c1C(c1ccc(F)cc1)N1CCCC1. The summed E-state index contributed by atoms with van der Waals surface area (Å²) in [4.78, 5) is 14.8. The van der Waals surface area contributed by atoms with Gasteiger partial charge in [0.2, 0.25) is 0 Å². The quantitative estimate of drug-likeness (QED) is 0.737. The van der Waals surface area contributed by atoms with Gasteiger partial charge in [0.05, 0.1) is 11.4 Å². The Morgan fingerprint density at radius 1 is 1.04 bits per heavy atom. The highest BCUT2D eigenvalue weighted by molar-refractivity contribution is 5.84. The molecule has 128 valence electrons. The fourth-order valence-electron chi connectivity index (χ4n) is 3.59. The van der Waals surface area contributed by atoms with Gasteiger partial charge in [-0.2, -0.15) is 0 Å². The van der Waals surface area contributed by atoms with Crippen molar-refractivity contribution in [3.63, 3.8) is 0 Å². The molecule has 1 aliphatic rings. The lowest BCUT2D eigenvalue weighted by molar-refractivity contribution is 0.269. The predicted molar refractivity (Wildman–Crippen MR) is 93.2 cm³/mol. The molecule has 1 N–H and O–H groups in total. The van der Waals surface area contributed by atoms with Crippen molar-refractivity contribution in [3.05, 3.63) is 75.9 Å². The zero-order valence-electron chi connectivity index (χ0n) is 13.6. The van der Waals surface area contributed by atoms with Crippen LogP contribution < -0.4 is 5.63 Å². The molecule has 1 aliphatic heterocycles. The van der Waals surface area contributed by atoms with Gasteiger partial charge < -0.3 is 9.52 Å². The number of halogens is 1. The van der Waals surface area contributed by atoms with Crippen LogP contribution in [0, 0.1) is 5.82 Å². The molecule has 4 rings (SSSR count). The van der Waals surface area contributed by atoms with Crippen molar-refractivity contribution in [2.45, 2.75) is 18.9 Å². The number of rotatable bonds is 3. The van der Waals surface area contributed by atoms with E-state index in [0.29, 0.717) is 11.0 Å². The van der Waals surface area contributed by atoms with E-state index in [4.69, 9.17) is 4.42 Å². The Labute approximate surface area is 144 Å². The lowest BCUT2D eigenvalue weighted by atomic mass is 9.96. The van der Waals surface area contributed by atoms with E-state index in [2.05, 4.69) is 4.90 Å². The van der Waals surface area contributed by atoms with Crippen LogP contribution in [0.5, 0.6) is 5.75 Å². The van der Waals surface area contributed by atoms with Crippen molar-refractivity contribution in [2.75, 3.05) is 13.1 Å². The van der Waals surface area contributed by atoms with Crippen molar-refractivity contribution in [3.8, 4) is 5.75 Å². The molecular formula is C20H18FNO3. The lowest BCUT2D eigenvalue weighted by Gasteiger charge is -2.28. The van der Waals surface area contributed by atoms with Crippen LogP contribution in [-0.4, -0.2) is 23.1 Å². The Morgan fingerprint density at radius 2 is 1.72 bits per heavy atom. The van der Waals surface area contributed by atoms with Crippen molar-refractivity contribution in [1.82, 2.24) is 4.90 Å². The minimum absolute atomic E-state index is 0.0620. The molecule has 0 spiro atoms. The summed E-state index contributed by atoms with van der Waals surface area (Å²) in [6, 6.07) is 12.5. The van der Waals surface area contributed by atoms with E-state index in [1.807, 2.05) is 0 Å². The van der Waals surface area contributed by atoms with Crippen LogP contribution in [0.1, 0.15) is 30.0 Å². The van der Waals surface area contributed by atoms with Gasteiger partial charge in [-0.15, -0.1) is 0 Å². The van der Waals surface area contributed by atoms with E-state index in [9.17, 15) is 14.3 Å². The summed E-state index contributed by atoms with van der Waals surface area (Å²) in [5.41, 5.74) is 0.777. The molecule has 25 heavy (non-hydrogen) atoms. The Morgan fingerprint density at radius 3 is 2.44 bits per heavy atom. The molecule has 0 amide bonds. The molecule has 0 bridgehead atoms. The van der Waals surface area contributed by atoms with Crippen LogP contribution in [0.2, 0.25) is 0 Å². The van der Waals surface area contributed by atoms with Crippen molar-refractivity contribution in [1.29, 1.82) is 0 Å². The molecule has 1 saturated heterocycles. The summed E-state index contributed by atoms with van der Waals surface area (Å²) < 4.78 is 18.8. The fourth-order valence-corrected chi connectivity index (χ4v) is 3.59. The maximum atomic E-state index is 13.4. The summed E-state index contributed by atoms with van der Waals surface area (Å²) in [7, 11) is 0. The number of likely N-dealkylation sites (tertiary alicyclic amines) is 1. The first-order chi connectivity index (χ1) is 12.1. The largest absolute Gasteiger partial charge is 0.507 e. The standard InChI is InChI=1S/C20H18FNO3/c21-14-9-7-13(8-10-14)18(22-11-3-4-12-22)17-19(23)15-5-1-2-6-16(15)25-20(17)24/h1-2,5-10,18,23H,3-4,11-12H2. The second kappa shape index (κ2) is 6.33. The van der Waals surface area contributed by atoms with Gasteiger partial charge in [-0.05, 0) is 55.8 Å². The molecule has 1 aromatic heterocycles. The van der Waals surface area contributed by atoms with Gasteiger partial charge in [-0.1, -0.05) is 24.3 Å². The first kappa shape index (κ1) is 15.8. The molecule has 0 aliphatic carbocycles. The molecule has 4 nitrogen and oxygen atoms in total. The third-order valence-electron chi connectivity index (χ3n) is 4.78. The minimum Gasteiger partial charge on any atom is -0.507 e. The number of fused-ring (bicyclic) bond motifs is 1. The first-order valence-corrected chi connectivity index (χ1v) is 8.39. The van der Waals surface area contributed by atoms with E-state index in [-0.39, 0.29) is 17.1 Å². The van der Waals surface area contributed by atoms with Crippen LogP contribution in [-0.2, 0) is 0 Å². The van der Waals surface area contributed by atoms with Gasteiger partial charge in [0.1, 0.15) is 22.7 Å². The Hall–Kier alpha value is -2.66. The topological polar surface area (TPSA) is 53.7 Å². The molecule has 2 heterocycles. The molecule has 0 radical (unpaired) electrons. The van der Waals surface area contributed by atoms with E-state index in [1.54, 1.807) is 36.4 Å². The number of para-hydroxylation sites is 1. The maximum Gasteiger partial charge on any atom is 0.345 e. The zero-order chi connectivity index (χ0) is 17.4. The van der Waals surface area contributed by atoms with Crippen molar-refractivity contribution < 1.29 is 13.9 Å². The van der Waals surface area contributed by atoms with Gasteiger partial charge in [0.25, 0.3) is 0 Å². The average Bonchev–Trinajstić information content (AvgIpc) is 3.14. The van der Waals surface area contributed by atoms with Gasteiger partial charge >= 0.3 is 5.63 Å². The van der Waals surface area contributed by atoms with Crippen molar-refractivity contribution >= 4 is 11.0 Å². The third-order valence-corrected chi connectivity index (χ3v) is 4.78. The smallest absolute Gasteiger partial charge is 0.345 e. The van der Waals surface area contributed by atoms with E-state index in [0.717, 1.165) is 31.5 Å². The molecule has 5 heteroatoms. The van der Waals surface area contributed by atoms with Crippen LogP contribution in [0.15, 0.2) is 57.7 Å². The zero-order valence-corrected chi connectivity index (χ0v) is 13.6. The van der Waals surface area contributed by atoms with E-state index in [1.165, 1.54) is 12.1 Å². The van der Waals surface area contributed by atoms with Crippen molar-refractivity contribution in [2.24, 2.45) is 0 Å². The fraction of sp³-hybridized carbons (Fsp3) is 0.250. The molecule has 1 atom stereocenters. The van der Waals surface area contributed by atoms with Gasteiger partial charge in [0.15, 0.2) is 0 Å². The summed E-state index contributed by atoms with van der Waals surface area (Å²) in [5.74, 6) is -0.397. The molecular weight excluding hydrogens is 321 g/mol. The van der Waals surface area contributed by atoms with Gasteiger partial charge in [-0.25, -0.2) is 9.18 Å². The van der Waals surface area contributed by atoms with Gasteiger partial charge in [-0.3, -0.25) is 4.90 Å². The molecule has 2 aromatic carbocycles. The number of hydrogen-bond acceptors (Lipinski definition) is 4. The Balaban J connectivity index is 1.94. The lowest BCUT2D eigenvalue weighted by Crippen LogP contribution is -2.30. The summed E-state index contributed by atoms with van der Waals surface area (Å²) in [5, 5.41) is 11.3. The maximum absolute atomic E-state index is 13.4. The predicted octanol–water partition coefficient (Wildman–Crippen LogP) is 3.82. The highest BCUT2D eigenvalue weighted by atomic mass is 19.1. The minimum atomic E-state index is -0.558. The van der Waals surface area contributed by atoms with Crippen LogP contribution in [0.25, 0.3) is 11.0 Å². The summed E-state index contributed by atoms with van der Waals surface area (Å²) in [6.45, 7) is 1.63. The summed E-state index contributed by atoms with van der Waals surface area (Å²) in [6.07, 6.45) is 2.05. The molecule has 1 fully saturated rings. The Kier molecular flexibility index (Phi) is 4.01. The van der Waals surface area contributed by atoms with Crippen LogP contribution in [0.3, 0.4) is 0 Å². The third kappa shape index (κ3) is 2.81. The van der Waals surface area contributed by atoms with Gasteiger partial charge in [0, 0.05) is 0 Å². The van der Waals surface area contributed by atoms with E-state index < -0.39 is 11.7 Å². The normalized spacial score (nSPS) is 16.4. The molecule has 1 unspecified atom stereocenters. The monoisotopic (exact) mass is 339 g/mol. The van der Waals surface area contributed by atoms with Crippen LogP contribution >= 0.6 is 0 Å². The number of benzene rings is 2. The molecule has 0 saturated carbocycles. The molecule has 3 aromatic rings. The highest BCUT2D eigenvalue weighted by Gasteiger charge is 2.31. The first-order valence-electron chi connectivity index (χ1n) is 8.39. The summed E-state index contributed by atoms with van der Waals surface area (Å²) >= 11 is 0.